The predicted molar refractivity (Wildman–Crippen MR) is 78.9 cm³/mol. The number of rotatable bonds is 2. The number of nitrogens with two attached hydrogens (primary N) is 1. The molecule has 1 nitrogen and oxygen atoms in total. The van der Waals surface area contributed by atoms with Gasteiger partial charge in [-0.25, -0.2) is 0 Å². The Hall–Kier alpha value is -0.820. The van der Waals surface area contributed by atoms with Gasteiger partial charge in [-0.05, 0) is 79.7 Å². The first kappa shape index (κ1) is 12.0. The standard InChI is InChI=1S/C18H25N/c1-12(19)16-2-4-17(5-3-16)18-9-13-6-14(10-18)8-15(7-13)11-18/h2-5,12-15H,6-11,19H2,1H3. The second kappa shape index (κ2) is 4.09. The van der Waals surface area contributed by atoms with Crippen LogP contribution in [0.25, 0.3) is 0 Å². The van der Waals surface area contributed by atoms with Crippen LogP contribution in [0.1, 0.15) is 62.6 Å². The van der Waals surface area contributed by atoms with Crippen LogP contribution in [0.3, 0.4) is 0 Å². The lowest BCUT2D eigenvalue weighted by atomic mass is 9.48. The van der Waals surface area contributed by atoms with E-state index in [0.717, 1.165) is 17.8 Å². The summed E-state index contributed by atoms with van der Waals surface area (Å²) in [6, 6.07) is 9.44. The molecule has 4 saturated carbocycles. The Bertz CT molecular complexity index is 436. The highest BCUT2D eigenvalue weighted by Crippen LogP contribution is 2.60. The molecule has 1 aromatic rings. The minimum absolute atomic E-state index is 0.158. The SMILES string of the molecule is CC(N)c1ccc(C23CC4CC(CC(C4)C2)C3)cc1. The molecule has 0 spiro atoms. The number of hydrogen-bond acceptors (Lipinski definition) is 1. The topological polar surface area (TPSA) is 26.0 Å². The third-order valence-electron chi connectivity index (χ3n) is 6.09. The smallest absolute Gasteiger partial charge is 0.0266 e. The van der Waals surface area contributed by atoms with Gasteiger partial charge in [0.15, 0.2) is 0 Å². The summed E-state index contributed by atoms with van der Waals surface area (Å²) in [7, 11) is 0. The van der Waals surface area contributed by atoms with Gasteiger partial charge >= 0.3 is 0 Å². The Morgan fingerprint density at radius 2 is 1.42 bits per heavy atom. The number of benzene rings is 1. The molecule has 0 amide bonds. The Kier molecular flexibility index (Phi) is 2.57. The van der Waals surface area contributed by atoms with E-state index in [-0.39, 0.29) is 6.04 Å². The average molecular weight is 255 g/mol. The van der Waals surface area contributed by atoms with Gasteiger partial charge in [-0.3, -0.25) is 0 Å². The lowest BCUT2D eigenvalue weighted by Gasteiger charge is -2.57. The monoisotopic (exact) mass is 255 g/mol. The first-order valence-electron chi connectivity index (χ1n) is 8.01. The van der Waals surface area contributed by atoms with Crippen molar-refractivity contribution in [1.29, 1.82) is 0 Å². The van der Waals surface area contributed by atoms with Crippen LogP contribution in [0, 0.1) is 17.8 Å². The molecular formula is C18H25N. The molecule has 102 valence electrons. The van der Waals surface area contributed by atoms with E-state index < -0.39 is 0 Å². The first-order valence-corrected chi connectivity index (χ1v) is 8.01. The van der Waals surface area contributed by atoms with Crippen LogP contribution >= 0.6 is 0 Å². The maximum absolute atomic E-state index is 5.97. The van der Waals surface area contributed by atoms with Crippen molar-refractivity contribution in [3.63, 3.8) is 0 Å². The third kappa shape index (κ3) is 1.86. The van der Waals surface area contributed by atoms with Crippen LogP contribution in [0.4, 0.5) is 0 Å². The van der Waals surface area contributed by atoms with E-state index >= 15 is 0 Å². The normalized spacial score (nSPS) is 41.5. The molecule has 1 aromatic carbocycles. The van der Waals surface area contributed by atoms with Crippen LogP contribution in [0.15, 0.2) is 24.3 Å². The molecule has 19 heavy (non-hydrogen) atoms. The van der Waals surface area contributed by atoms with Gasteiger partial charge in [-0.1, -0.05) is 24.3 Å². The molecule has 0 saturated heterocycles. The molecule has 4 bridgehead atoms. The molecule has 5 rings (SSSR count). The van der Waals surface area contributed by atoms with E-state index in [4.69, 9.17) is 5.73 Å². The summed E-state index contributed by atoms with van der Waals surface area (Å²) in [4.78, 5) is 0. The van der Waals surface area contributed by atoms with Gasteiger partial charge in [-0.2, -0.15) is 0 Å². The summed E-state index contributed by atoms with van der Waals surface area (Å²) in [5.74, 6) is 3.08. The van der Waals surface area contributed by atoms with E-state index in [2.05, 4.69) is 31.2 Å². The molecule has 2 N–H and O–H groups in total. The van der Waals surface area contributed by atoms with Crippen molar-refractivity contribution < 1.29 is 0 Å². The molecule has 4 aliphatic carbocycles. The predicted octanol–water partition coefficient (Wildman–Crippen LogP) is 4.17. The second-order valence-electron chi connectivity index (χ2n) is 7.61. The van der Waals surface area contributed by atoms with Gasteiger partial charge in [0.1, 0.15) is 0 Å². The summed E-state index contributed by atoms with van der Waals surface area (Å²) in [5.41, 5.74) is 9.38. The molecule has 4 fully saturated rings. The molecule has 0 aliphatic heterocycles. The maximum Gasteiger partial charge on any atom is 0.0266 e. The van der Waals surface area contributed by atoms with Gasteiger partial charge in [-0.15, -0.1) is 0 Å². The minimum Gasteiger partial charge on any atom is -0.324 e. The molecular weight excluding hydrogens is 230 g/mol. The number of hydrogen-bond donors (Lipinski definition) is 1. The van der Waals surface area contributed by atoms with Crippen molar-refractivity contribution in [3.05, 3.63) is 35.4 Å². The van der Waals surface area contributed by atoms with E-state index in [0.29, 0.717) is 5.41 Å². The van der Waals surface area contributed by atoms with Gasteiger partial charge in [0.2, 0.25) is 0 Å². The van der Waals surface area contributed by atoms with Crippen molar-refractivity contribution in [2.75, 3.05) is 0 Å². The average Bonchev–Trinajstić information content (AvgIpc) is 2.37. The van der Waals surface area contributed by atoms with Crippen LogP contribution < -0.4 is 5.73 Å². The minimum atomic E-state index is 0.158. The Labute approximate surface area is 116 Å². The van der Waals surface area contributed by atoms with Crippen LogP contribution in [0.5, 0.6) is 0 Å². The van der Waals surface area contributed by atoms with Crippen molar-refractivity contribution in [2.45, 2.75) is 56.9 Å². The summed E-state index contributed by atoms with van der Waals surface area (Å²) >= 11 is 0. The van der Waals surface area contributed by atoms with Gasteiger partial charge in [0, 0.05) is 6.04 Å². The maximum atomic E-state index is 5.97. The molecule has 4 aliphatic rings. The molecule has 0 aromatic heterocycles. The highest BCUT2D eigenvalue weighted by molar-refractivity contribution is 5.33. The summed E-state index contributed by atoms with van der Waals surface area (Å²) < 4.78 is 0. The zero-order valence-electron chi connectivity index (χ0n) is 11.9. The fraction of sp³-hybridized carbons (Fsp3) is 0.667. The summed E-state index contributed by atoms with van der Waals surface area (Å²) in [6.45, 7) is 2.07. The lowest BCUT2D eigenvalue weighted by molar-refractivity contribution is -0.00519. The van der Waals surface area contributed by atoms with E-state index in [1.807, 2.05) is 0 Å². The van der Waals surface area contributed by atoms with Gasteiger partial charge in [0.25, 0.3) is 0 Å². The fourth-order valence-corrected chi connectivity index (χ4v) is 5.60. The summed E-state index contributed by atoms with van der Waals surface area (Å²) in [6.07, 6.45) is 8.94. The zero-order chi connectivity index (χ0) is 13.0. The Morgan fingerprint density at radius 3 is 1.84 bits per heavy atom. The van der Waals surface area contributed by atoms with Crippen molar-refractivity contribution in [1.82, 2.24) is 0 Å². The fourth-order valence-electron chi connectivity index (χ4n) is 5.60. The largest absolute Gasteiger partial charge is 0.324 e. The highest BCUT2D eigenvalue weighted by atomic mass is 14.6. The summed E-state index contributed by atoms with van der Waals surface area (Å²) in [5, 5.41) is 0. The van der Waals surface area contributed by atoms with Crippen molar-refractivity contribution >= 4 is 0 Å². The Balaban J connectivity index is 1.67. The van der Waals surface area contributed by atoms with Crippen LogP contribution in [-0.2, 0) is 5.41 Å². The van der Waals surface area contributed by atoms with E-state index in [9.17, 15) is 0 Å². The Morgan fingerprint density at radius 1 is 0.947 bits per heavy atom. The quantitative estimate of drug-likeness (QED) is 0.843. The molecule has 0 radical (unpaired) electrons. The van der Waals surface area contributed by atoms with E-state index in [1.54, 1.807) is 5.56 Å². The van der Waals surface area contributed by atoms with E-state index in [1.165, 1.54) is 44.1 Å². The van der Waals surface area contributed by atoms with Crippen LogP contribution in [-0.4, -0.2) is 0 Å². The zero-order valence-corrected chi connectivity index (χ0v) is 11.9. The lowest BCUT2D eigenvalue weighted by Crippen LogP contribution is -2.48. The molecule has 1 atom stereocenters. The highest BCUT2D eigenvalue weighted by Gasteiger charge is 2.51. The molecule has 1 unspecified atom stereocenters. The second-order valence-corrected chi connectivity index (χ2v) is 7.61. The van der Waals surface area contributed by atoms with Crippen molar-refractivity contribution in [2.24, 2.45) is 23.5 Å². The van der Waals surface area contributed by atoms with Gasteiger partial charge < -0.3 is 5.73 Å². The van der Waals surface area contributed by atoms with Crippen LogP contribution in [0.2, 0.25) is 0 Å². The van der Waals surface area contributed by atoms with Gasteiger partial charge in [0.05, 0.1) is 0 Å². The molecule has 0 heterocycles. The van der Waals surface area contributed by atoms with Crippen molar-refractivity contribution in [3.8, 4) is 0 Å². The molecule has 1 heteroatoms. The first-order chi connectivity index (χ1) is 9.14. The third-order valence-corrected chi connectivity index (χ3v) is 6.09.